The first-order valence-electron chi connectivity index (χ1n) is 6.62. The molecule has 1 aromatic carbocycles. The lowest BCUT2D eigenvalue weighted by Crippen LogP contribution is -2.36. The molecule has 2 heterocycles. The summed E-state index contributed by atoms with van der Waals surface area (Å²) in [6, 6.07) is 5.06. The van der Waals surface area contributed by atoms with E-state index in [4.69, 9.17) is 9.84 Å². The second kappa shape index (κ2) is 5.17. The van der Waals surface area contributed by atoms with E-state index in [1.54, 1.807) is 18.2 Å². The summed E-state index contributed by atoms with van der Waals surface area (Å²) in [5, 5.41) is 8.89. The molecular weight excluding hydrogens is 276 g/mol. The van der Waals surface area contributed by atoms with Crippen molar-refractivity contribution in [3.63, 3.8) is 0 Å². The van der Waals surface area contributed by atoms with Crippen LogP contribution in [0.5, 0.6) is 0 Å². The fourth-order valence-corrected chi connectivity index (χ4v) is 2.59. The molecule has 2 aliphatic heterocycles. The van der Waals surface area contributed by atoms with E-state index in [9.17, 15) is 14.4 Å². The van der Waals surface area contributed by atoms with Crippen LogP contribution >= 0.6 is 0 Å². The van der Waals surface area contributed by atoms with Gasteiger partial charge in [0.1, 0.15) is 6.54 Å². The Morgan fingerprint density at radius 3 is 2.62 bits per heavy atom. The van der Waals surface area contributed by atoms with Gasteiger partial charge in [-0.2, -0.15) is 0 Å². The lowest BCUT2D eigenvalue weighted by Gasteiger charge is -2.29. The largest absolute Gasteiger partial charge is 0.480 e. The van der Waals surface area contributed by atoms with Gasteiger partial charge in [0.15, 0.2) is 0 Å². The van der Waals surface area contributed by atoms with Crippen LogP contribution in [0, 0.1) is 0 Å². The fourth-order valence-electron chi connectivity index (χ4n) is 2.59. The van der Waals surface area contributed by atoms with Crippen LogP contribution in [-0.4, -0.2) is 55.6 Å². The van der Waals surface area contributed by atoms with E-state index in [1.807, 2.05) is 0 Å². The molecule has 7 heteroatoms. The number of nitrogens with zero attached hydrogens (tertiary/aromatic N) is 2. The minimum atomic E-state index is -1.15. The number of anilines is 2. The third-order valence-electron chi connectivity index (χ3n) is 3.63. The number of aliphatic carboxylic acids is 1. The molecule has 110 valence electrons. The number of carbonyl (C=O) groups is 3. The number of hydrogen-bond donors (Lipinski definition) is 1. The zero-order valence-corrected chi connectivity index (χ0v) is 11.2. The Bertz CT molecular complexity index is 622. The molecule has 21 heavy (non-hydrogen) atoms. The molecular formula is C14H14N2O5. The maximum absolute atomic E-state index is 11.9. The van der Waals surface area contributed by atoms with Crippen molar-refractivity contribution in [2.75, 3.05) is 42.6 Å². The van der Waals surface area contributed by atoms with E-state index in [1.165, 1.54) is 0 Å². The van der Waals surface area contributed by atoms with Crippen LogP contribution in [0.25, 0.3) is 0 Å². The van der Waals surface area contributed by atoms with Crippen molar-refractivity contribution in [3.05, 3.63) is 23.8 Å². The quantitative estimate of drug-likeness (QED) is 0.797. The molecule has 2 aliphatic rings. The van der Waals surface area contributed by atoms with E-state index in [-0.39, 0.29) is 5.56 Å². The normalized spacial score (nSPS) is 18.1. The Hall–Kier alpha value is -2.41. The zero-order chi connectivity index (χ0) is 15.0. The van der Waals surface area contributed by atoms with Gasteiger partial charge in [-0.3, -0.25) is 19.3 Å². The molecule has 1 amide bonds. The van der Waals surface area contributed by atoms with Gasteiger partial charge in [0, 0.05) is 18.8 Å². The Balaban J connectivity index is 1.96. The molecule has 0 saturated carbocycles. The molecule has 1 N–H and O–H groups in total. The van der Waals surface area contributed by atoms with Gasteiger partial charge in [0.05, 0.1) is 24.5 Å². The first-order chi connectivity index (χ1) is 10.1. The first kappa shape index (κ1) is 13.6. The number of ether oxygens (including phenoxy) is 1. The number of carboxylic acid groups (broad SMARTS) is 1. The monoisotopic (exact) mass is 290 g/mol. The third kappa shape index (κ3) is 2.36. The van der Waals surface area contributed by atoms with Crippen molar-refractivity contribution >= 4 is 29.0 Å². The maximum atomic E-state index is 11.9. The fraction of sp³-hybridized carbons (Fsp3) is 0.357. The number of ketones is 1. The minimum Gasteiger partial charge on any atom is -0.480 e. The van der Waals surface area contributed by atoms with Crippen molar-refractivity contribution in [1.82, 2.24) is 0 Å². The molecule has 1 aromatic rings. The molecule has 1 saturated heterocycles. The van der Waals surface area contributed by atoms with Gasteiger partial charge in [0.2, 0.25) is 0 Å². The number of morpholine rings is 1. The number of rotatable bonds is 3. The highest BCUT2D eigenvalue weighted by molar-refractivity contribution is 6.52. The first-order valence-corrected chi connectivity index (χ1v) is 6.62. The summed E-state index contributed by atoms with van der Waals surface area (Å²) >= 11 is 0. The van der Waals surface area contributed by atoms with E-state index >= 15 is 0 Å². The summed E-state index contributed by atoms with van der Waals surface area (Å²) in [6.45, 7) is 2.17. The van der Waals surface area contributed by atoms with Crippen molar-refractivity contribution in [3.8, 4) is 0 Å². The SMILES string of the molecule is O=C(O)CN1C(=O)C(=O)c2ccc(N3CCOCC3)cc21. The molecule has 0 aromatic heterocycles. The number of carbonyl (C=O) groups excluding carboxylic acids is 2. The second-order valence-corrected chi connectivity index (χ2v) is 4.92. The Labute approximate surface area is 120 Å². The van der Waals surface area contributed by atoms with Gasteiger partial charge in [-0.25, -0.2) is 0 Å². The van der Waals surface area contributed by atoms with Crippen LogP contribution in [0.15, 0.2) is 18.2 Å². The molecule has 0 radical (unpaired) electrons. The predicted octanol–water partition coefficient (Wildman–Crippen LogP) is 0.137. The summed E-state index contributed by atoms with van der Waals surface area (Å²) in [6.07, 6.45) is 0. The number of fused-ring (bicyclic) bond motifs is 1. The Morgan fingerprint density at radius 2 is 1.95 bits per heavy atom. The van der Waals surface area contributed by atoms with Crippen LogP contribution in [0.2, 0.25) is 0 Å². The third-order valence-corrected chi connectivity index (χ3v) is 3.63. The highest BCUT2D eigenvalue weighted by Gasteiger charge is 2.37. The van der Waals surface area contributed by atoms with E-state index < -0.39 is 24.2 Å². The Kier molecular flexibility index (Phi) is 3.34. The van der Waals surface area contributed by atoms with Crippen molar-refractivity contribution in [2.45, 2.75) is 0 Å². The lowest BCUT2D eigenvalue weighted by atomic mass is 10.1. The predicted molar refractivity (Wildman–Crippen MR) is 73.8 cm³/mol. The van der Waals surface area contributed by atoms with Gasteiger partial charge in [0.25, 0.3) is 11.7 Å². The second-order valence-electron chi connectivity index (χ2n) is 4.92. The maximum Gasteiger partial charge on any atom is 0.323 e. The molecule has 0 spiro atoms. The number of Topliss-reactive ketones (excluding diaryl/α,β-unsaturated/α-hetero) is 1. The van der Waals surface area contributed by atoms with Crippen molar-refractivity contribution in [2.24, 2.45) is 0 Å². The minimum absolute atomic E-state index is 0.262. The molecule has 3 rings (SSSR count). The van der Waals surface area contributed by atoms with E-state index in [2.05, 4.69) is 4.90 Å². The topological polar surface area (TPSA) is 87.2 Å². The van der Waals surface area contributed by atoms with Crippen LogP contribution in [0.3, 0.4) is 0 Å². The van der Waals surface area contributed by atoms with Gasteiger partial charge in [-0.15, -0.1) is 0 Å². The molecule has 0 unspecified atom stereocenters. The number of benzene rings is 1. The van der Waals surface area contributed by atoms with E-state index in [0.717, 1.165) is 23.7 Å². The number of hydrogen-bond acceptors (Lipinski definition) is 5. The van der Waals surface area contributed by atoms with Crippen molar-refractivity contribution in [1.29, 1.82) is 0 Å². The molecule has 0 atom stereocenters. The van der Waals surface area contributed by atoms with Crippen LogP contribution in [0.1, 0.15) is 10.4 Å². The van der Waals surface area contributed by atoms with Gasteiger partial charge in [-0.1, -0.05) is 0 Å². The van der Waals surface area contributed by atoms with Gasteiger partial charge < -0.3 is 14.7 Å². The van der Waals surface area contributed by atoms with Crippen LogP contribution in [-0.2, 0) is 14.3 Å². The number of amides is 1. The van der Waals surface area contributed by atoms with Crippen LogP contribution < -0.4 is 9.80 Å². The van der Waals surface area contributed by atoms with Crippen LogP contribution in [0.4, 0.5) is 11.4 Å². The summed E-state index contributed by atoms with van der Waals surface area (Å²) in [5.74, 6) is -2.59. The molecule has 7 nitrogen and oxygen atoms in total. The molecule has 0 aliphatic carbocycles. The zero-order valence-electron chi connectivity index (χ0n) is 11.2. The average Bonchev–Trinajstić information content (AvgIpc) is 2.72. The van der Waals surface area contributed by atoms with Crippen molar-refractivity contribution < 1.29 is 24.2 Å². The molecule has 0 bridgehead atoms. The standard InChI is InChI=1S/C14H14N2O5/c17-12(18)8-16-11-7-9(15-3-5-21-6-4-15)1-2-10(11)13(19)14(16)20/h1-2,7H,3-6,8H2,(H,17,18). The summed E-state index contributed by atoms with van der Waals surface area (Å²) in [5.41, 5.74) is 1.49. The lowest BCUT2D eigenvalue weighted by molar-refractivity contribution is -0.136. The highest BCUT2D eigenvalue weighted by atomic mass is 16.5. The smallest absolute Gasteiger partial charge is 0.323 e. The Morgan fingerprint density at radius 1 is 1.24 bits per heavy atom. The van der Waals surface area contributed by atoms with Gasteiger partial charge >= 0.3 is 5.97 Å². The summed E-state index contributed by atoms with van der Waals surface area (Å²) < 4.78 is 5.28. The number of carboxylic acids is 1. The van der Waals surface area contributed by atoms with Gasteiger partial charge in [-0.05, 0) is 18.2 Å². The molecule has 1 fully saturated rings. The highest BCUT2D eigenvalue weighted by Crippen LogP contribution is 2.33. The summed E-state index contributed by atoms with van der Waals surface area (Å²) in [7, 11) is 0. The summed E-state index contributed by atoms with van der Waals surface area (Å²) in [4.78, 5) is 37.7. The average molecular weight is 290 g/mol. The van der Waals surface area contributed by atoms with E-state index in [0.29, 0.717) is 18.9 Å².